The second-order valence-corrected chi connectivity index (χ2v) is 3.97. The van der Waals surface area contributed by atoms with Crippen molar-refractivity contribution in [3.05, 3.63) is 0 Å². The standard InChI is InChI=1S/C7H13IO/c1-7(2)6(5-8)3-4-9-7/h6H,3-5H2,1-2H3. The summed E-state index contributed by atoms with van der Waals surface area (Å²) in [5.74, 6) is 0.776. The molecule has 1 rings (SSSR count). The molecule has 0 radical (unpaired) electrons. The molecule has 1 unspecified atom stereocenters. The van der Waals surface area contributed by atoms with Gasteiger partial charge in [0.25, 0.3) is 0 Å². The van der Waals surface area contributed by atoms with Crippen LogP contribution in [0.25, 0.3) is 0 Å². The Bertz CT molecular complexity index is 101. The quantitative estimate of drug-likeness (QED) is 0.504. The molecule has 0 bridgehead atoms. The van der Waals surface area contributed by atoms with Crippen LogP contribution >= 0.6 is 22.6 Å². The molecule has 0 aromatic heterocycles. The average molecular weight is 240 g/mol. The number of alkyl halides is 1. The van der Waals surface area contributed by atoms with Gasteiger partial charge in [-0.3, -0.25) is 0 Å². The van der Waals surface area contributed by atoms with E-state index in [0.717, 1.165) is 12.5 Å². The lowest BCUT2D eigenvalue weighted by Crippen LogP contribution is -2.27. The van der Waals surface area contributed by atoms with Crippen molar-refractivity contribution in [3.63, 3.8) is 0 Å². The van der Waals surface area contributed by atoms with Crippen LogP contribution in [-0.4, -0.2) is 16.6 Å². The van der Waals surface area contributed by atoms with Gasteiger partial charge in [-0.2, -0.15) is 0 Å². The van der Waals surface area contributed by atoms with Crippen molar-refractivity contribution in [2.45, 2.75) is 25.9 Å². The first-order valence-corrected chi connectivity index (χ1v) is 4.89. The second kappa shape index (κ2) is 2.74. The first kappa shape index (κ1) is 7.79. The molecule has 0 N–H and O–H groups in total. The van der Waals surface area contributed by atoms with E-state index >= 15 is 0 Å². The molecule has 9 heavy (non-hydrogen) atoms. The minimum Gasteiger partial charge on any atom is -0.375 e. The van der Waals surface area contributed by atoms with Gasteiger partial charge in [0.15, 0.2) is 0 Å². The third kappa shape index (κ3) is 1.58. The highest BCUT2D eigenvalue weighted by Gasteiger charge is 2.34. The summed E-state index contributed by atoms with van der Waals surface area (Å²) in [7, 11) is 0. The van der Waals surface area contributed by atoms with Crippen LogP contribution < -0.4 is 0 Å². The van der Waals surface area contributed by atoms with E-state index in [0.29, 0.717) is 0 Å². The van der Waals surface area contributed by atoms with Crippen molar-refractivity contribution in [2.75, 3.05) is 11.0 Å². The highest BCUT2D eigenvalue weighted by molar-refractivity contribution is 14.1. The smallest absolute Gasteiger partial charge is 0.0662 e. The van der Waals surface area contributed by atoms with Crippen LogP contribution in [0.15, 0.2) is 0 Å². The summed E-state index contributed by atoms with van der Waals surface area (Å²) in [5.41, 5.74) is 0.154. The Morgan fingerprint density at radius 1 is 1.67 bits per heavy atom. The van der Waals surface area contributed by atoms with Crippen LogP contribution in [0.2, 0.25) is 0 Å². The Kier molecular flexibility index (Phi) is 2.37. The second-order valence-electron chi connectivity index (χ2n) is 3.09. The fraction of sp³-hybridized carbons (Fsp3) is 1.00. The first-order valence-electron chi connectivity index (χ1n) is 3.37. The van der Waals surface area contributed by atoms with Crippen LogP contribution in [0.4, 0.5) is 0 Å². The van der Waals surface area contributed by atoms with Gasteiger partial charge in [0.2, 0.25) is 0 Å². The maximum absolute atomic E-state index is 5.54. The van der Waals surface area contributed by atoms with E-state index in [9.17, 15) is 0 Å². The summed E-state index contributed by atoms with van der Waals surface area (Å²) >= 11 is 2.43. The lowest BCUT2D eigenvalue weighted by atomic mass is 9.93. The Morgan fingerprint density at radius 2 is 2.33 bits per heavy atom. The van der Waals surface area contributed by atoms with E-state index in [-0.39, 0.29) is 5.60 Å². The summed E-state index contributed by atoms with van der Waals surface area (Å²) in [5, 5.41) is 0. The first-order chi connectivity index (χ1) is 4.17. The molecule has 1 heterocycles. The van der Waals surface area contributed by atoms with E-state index < -0.39 is 0 Å². The number of halogens is 1. The van der Waals surface area contributed by atoms with Gasteiger partial charge >= 0.3 is 0 Å². The Balaban J connectivity index is 2.52. The van der Waals surface area contributed by atoms with Gasteiger partial charge in [-0.15, -0.1) is 0 Å². The molecule has 1 fully saturated rings. The zero-order chi connectivity index (χ0) is 6.91. The van der Waals surface area contributed by atoms with E-state index in [1.807, 2.05) is 0 Å². The van der Waals surface area contributed by atoms with Crippen LogP contribution in [0.3, 0.4) is 0 Å². The van der Waals surface area contributed by atoms with Crippen molar-refractivity contribution in [3.8, 4) is 0 Å². The summed E-state index contributed by atoms with van der Waals surface area (Å²) < 4.78 is 6.77. The highest BCUT2D eigenvalue weighted by atomic mass is 127. The molecule has 0 spiro atoms. The van der Waals surface area contributed by atoms with Crippen molar-refractivity contribution in [1.82, 2.24) is 0 Å². The van der Waals surface area contributed by atoms with Gasteiger partial charge < -0.3 is 4.74 Å². The summed E-state index contributed by atoms with van der Waals surface area (Å²) in [4.78, 5) is 0. The van der Waals surface area contributed by atoms with Crippen molar-refractivity contribution in [2.24, 2.45) is 5.92 Å². The van der Waals surface area contributed by atoms with Crippen LogP contribution in [0.1, 0.15) is 20.3 Å². The fourth-order valence-electron chi connectivity index (χ4n) is 1.19. The van der Waals surface area contributed by atoms with E-state index in [4.69, 9.17) is 4.74 Å². The number of hydrogen-bond donors (Lipinski definition) is 0. The van der Waals surface area contributed by atoms with Gasteiger partial charge in [-0.1, -0.05) is 22.6 Å². The molecule has 1 nitrogen and oxygen atoms in total. The molecule has 1 atom stereocenters. The fourth-order valence-corrected chi connectivity index (χ4v) is 2.69. The molecule has 0 aliphatic carbocycles. The third-order valence-electron chi connectivity index (χ3n) is 2.11. The SMILES string of the molecule is CC1(C)OCCC1CI. The van der Waals surface area contributed by atoms with Gasteiger partial charge in [-0.25, -0.2) is 0 Å². The molecule has 0 aromatic rings. The molecule has 1 aliphatic rings. The third-order valence-corrected chi connectivity index (χ3v) is 3.17. The van der Waals surface area contributed by atoms with Gasteiger partial charge in [-0.05, 0) is 26.2 Å². The van der Waals surface area contributed by atoms with Crippen LogP contribution in [0.5, 0.6) is 0 Å². The maximum atomic E-state index is 5.54. The van der Waals surface area contributed by atoms with E-state index in [2.05, 4.69) is 36.4 Å². The highest BCUT2D eigenvalue weighted by Crippen LogP contribution is 2.32. The summed E-state index contributed by atoms with van der Waals surface area (Å²) in [6.07, 6.45) is 1.25. The maximum Gasteiger partial charge on any atom is 0.0662 e. The monoisotopic (exact) mass is 240 g/mol. The van der Waals surface area contributed by atoms with Crippen molar-refractivity contribution < 1.29 is 4.74 Å². The number of rotatable bonds is 1. The number of ether oxygens (including phenoxy) is 1. The minimum atomic E-state index is 0.154. The van der Waals surface area contributed by atoms with Crippen LogP contribution in [-0.2, 0) is 4.74 Å². The molecule has 0 amide bonds. The zero-order valence-corrected chi connectivity index (χ0v) is 8.14. The van der Waals surface area contributed by atoms with E-state index in [1.165, 1.54) is 10.8 Å². The van der Waals surface area contributed by atoms with Crippen LogP contribution in [0, 0.1) is 5.92 Å². The number of hydrogen-bond acceptors (Lipinski definition) is 1. The normalized spacial score (nSPS) is 33.0. The molecule has 0 saturated carbocycles. The van der Waals surface area contributed by atoms with Gasteiger partial charge in [0.05, 0.1) is 5.60 Å². The molecular formula is C7H13IO. The Labute approximate surface area is 70.3 Å². The molecule has 1 saturated heterocycles. The molecule has 54 valence electrons. The summed E-state index contributed by atoms with van der Waals surface area (Å²) in [6.45, 7) is 5.33. The van der Waals surface area contributed by atoms with Gasteiger partial charge in [0, 0.05) is 11.0 Å². The van der Waals surface area contributed by atoms with Crippen molar-refractivity contribution in [1.29, 1.82) is 0 Å². The Hall–Kier alpha value is 0.690. The van der Waals surface area contributed by atoms with Gasteiger partial charge in [0.1, 0.15) is 0 Å². The summed E-state index contributed by atoms with van der Waals surface area (Å²) in [6, 6.07) is 0. The largest absolute Gasteiger partial charge is 0.375 e. The predicted octanol–water partition coefficient (Wildman–Crippen LogP) is 2.24. The average Bonchev–Trinajstić information content (AvgIpc) is 2.08. The molecule has 2 heteroatoms. The molecule has 1 aliphatic heterocycles. The lowest BCUT2D eigenvalue weighted by Gasteiger charge is -2.23. The Morgan fingerprint density at radius 3 is 2.56 bits per heavy atom. The minimum absolute atomic E-state index is 0.154. The zero-order valence-electron chi connectivity index (χ0n) is 5.98. The van der Waals surface area contributed by atoms with Crippen molar-refractivity contribution >= 4 is 22.6 Å². The lowest BCUT2D eigenvalue weighted by molar-refractivity contribution is 0.0169. The molecular weight excluding hydrogens is 227 g/mol. The predicted molar refractivity (Wildman–Crippen MR) is 47.0 cm³/mol. The topological polar surface area (TPSA) is 9.23 Å². The molecule has 0 aromatic carbocycles. The van der Waals surface area contributed by atoms with E-state index in [1.54, 1.807) is 0 Å².